The Labute approximate surface area is 78.3 Å². The lowest BCUT2D eigenvalue weighted by Gasteiger charge is -2.27. The molecule has 0 aromatic rings. The first-order valence-corrected chi connectivity index (χ1v) is 4.46. The average Bonchev–Trinajstić information content (AvgIpc) is 2.02. The minimum absolute atomic E-state index is 0.271. The van der Waals surface area contributed by atoms with Gasteiger partial charge < -0.3 is 10.4 Å². The molecule has 0 heterocycles. The van der Waals surface area contributed by atoms with Crippen molar-refractivity contribution in [2.75, 3.05) is 0 Å². The Balaban J connectivity index is 4.09. The maximum absolute atomic E-state index is 11.1. The molecule has 2 N–H and O–H groups in total. The summed E-state index contributed by atoms with van der Waals surface area (Å²) in [6.07, 6.45) is 1.15. The number of carbonyl (C=O) groups excluding carboxylic acids is 1. The van der Waals surface area contributed by atoms with Crippen molar-refractivity contribution in [2.45, 2.75) is 45.6 Å². The van der Waals surface area contributed by atoms with Crippen LogP contribution in [0.4, 0.5) is 0 Å². The first-order valence-electron chi connectivity index (χ1n) is 4.46. The van der Waals surface area contributed by atoms with E-state index >= 15 is 0 Å². The smallest absolute Gasteiger partial charge is 0.312 e. The molecule has 0 fully saturated rings. The zero-order chi connectivity index (χ0) is 10.5. The van der Waals surface area contributed by atoms with E-state index in [0.717, 1.165) is 12.8 Å². The second-order valence-corrected chi connectivity index (χ2v) is 3.39. The van der Waals surface area contributed by atoms with E-state index in [2.05, 4.69) is 5.32 Å². The molecule has 0 atom stereocenters. The molecule has 0 saturated carbocycles. The van der Waals surface area contributed by atoms with Crippen molar-refractivity contribution < 1.29 is 14.7 Å². The number of hydrogen-bond donors (Lipinski definition) is 2. The van der Waals surface area contributed by atoms with Crippen molar-refractivity contribution in [3.05, 3.63) is 0 Å². The molecule has 0 saturated heterocycles. The van der Waals surface area contributed by atoms with Crippen LogP contribution in [0.25, 0.3) is 0 Å². The standard InChI is InChI=1S/C9H17NO3/c1-4-9(3,5-2)10-7(11)6-8(12)13/h4-6H2,1-3H3,(H,10,11)(H,12,13). The Morgan fingerprint density at radius 2 is 1.77 bits per heavy atom. The second-order valence-electron chi connectivity index (χ2n) is 3.39. The molecule has 0 bridgehead atoms. The van der Waals surface area contributed by atoms with Crippen molar-refractivity contribution in [3.63, 3.8) is 0 Å². The molecule has 1 amide bonds. The number of carboxylic acids is 1. The topological polar surface area (TPSA) is 66.4 Å². The lowest BCUT2D eigenvalue weighted by Crippen LogP contribution is -2.45. The van der Waals surface area contributed by atoms with E-state index in [1.807, 2.05) is 20.8 Å². The zero-order valence-corrected chi connectivity index (χ0v) is 8.39. The summed E-state index contributed by atoms with van der Waals surface area (Å²) in [4.78, 5) is 21.3. The van der Waals surface area contributed by atoms with Crippen LogP contribution < -0.4 is 5.32 Å². The molecule has 0 spiro atoms. The molecule has 0 aliphatic carbocycles. The van der Waals surface area contributed by atoms with Crippen LogP contribution in [-0.4, -0.2) is 22.5 Å². The van der Waals surface area contributed by atoms with Crippen molar-refractivity contribution in [3.8, 4) is 0 Å². The van der Waals surface area contributed by atoms with Gasteiger partial charge >= 0.3 is 5.97 Å². The SMILES string of the molecule is CCC(C)(CC)NC(=O)CC(=O)O. The lowest BCUT2D eigenvalue weighted by atomic mass is 9.95. The van der Waals surface area contributed by atoms with E-state index in [1.165, 1.54) is 0 Å². The molecule has 13 heavy (non-hydrogen) atoms. The average molecular weight is 187 g/mol. The van der Waals surface area contributed by atoms with Crippen LogP contribution in [0.5, 0.6) is 0 Å². The zero-order valence-electron chi connectivity index (χ0n) is 8.39. The number of nitrogens with one attached hydrogen (secondary N) is 1. The quantitative estimate of drug-likeness (QED) is 0.634. The fourth-order valence-electron chi connectivity index (χ4n) is 0.945. The van der Waals surface area contributed by atoms with E-state index in [0.29, 0.717) is 0 Å². The minimum atomic E-state index is -1.09. The highest BCUT2D eigenvalue weighted by atomic mass is 16.4. The predicted molar refractivity (Wildman–Crippen MR) is 49.4 cm³/mol. The molecular formula is C9H17NO3. The van der Waals surface area contributed by atoms with Crippen LogP contribution in [-0.2, 0) is 9.59 Å². The monoisotopic (exact) mass is 187 g/mol. The summed E-state index contributed by atoms with van der Waals surface area (Å²) in [6, 6.07) is 0. The van der Waals surface area contributed by atoms with Crippen LogP contribution >= 0.6 is 0 Å². The van der Waals surface area contributed by atoms with Gasteiger partial charge in [0.15, 0.2) is 0 Å². The van der Waals surface area contributed by atoms with Crippen LogP contribution in [0.15, 0.2) is 0 Å². The highest BCUT2D eigenvalue weighted by molar-refractivity contribution is 5.93. The highest BCUT2D eigenvalue weighted by Gasteiger charge is 2.22. The van der Waals surface area contributed by atoms with Gasteiger partial charge in [0.05, 0.1) is 0 Å². The summed E-state index contributed by atoms with van der Waals surface area (Å²) < 4.78 is 0. The Morgan fingerprint density at radius 3 is 2.08 bits per heavy atom. The van der Waals surface area contributed by atoms with Gasteiger partial charge in [-0.15, -0.1) is 0 Å². The van der Waals surface area contributed by atoms with Gasteiger partial charge in [-0.2, -0.15) is 0 Å². The first kappa shape index (κ1) is 11.9. The molecule has 0 unspecified atom stereocenters. The fraction of sp³-hybridized carbons (Fsp3) is 0.778. The molecule has 0 radical (unpaired) electrons. The third-order valence-corrected chi connectivity index (χ3v) is 2.31. The van der Waals surface area contributed by atoms with Crippen molar-refractivity contribution >= 4 is 11.9 Å². The van der Waals surface area contributed by atoms with Crippen LogP contribution in [0.3, 0.4) is 0 Å². The van der Waals surface area contributed by atoms with E-state index in [9.17, 15) is 9.59 Å². The summed E-state index contributed by atoms with van der Waals surface area (Å²) >= 11 is 0. The van der Waals surface area contributed by atoms with Gasteiger partial charge in [0.2, 0.25) is 5.91 Å². The number of aliphatic carboxylic acids is 1. The number of amides is 1. The highest BCUT2D eigenvalue weighted by Crippen LogP contribution is 2.13. The number of rotatable bonds is 5. The van der Waals surface area contributed by atoms with Gasteiger partial charge in [-0.05, 0) is 19.8 Å². The van der Waals surface area contributed by atoms with Gasteiger partial charge in [0.1, 0.15) is 6.42 Å². The van der Waals surface area contributed by atoms with Gasteiger partial charge in [0, 0.05) is 5.54 Å². The molecule has 0 aromatic heterocycles. The third-order valence-electron chi connectivity index (χ3n) is 2.31. The molecular weight excluding hydrogens is 170 g/mol. The number of hydrogen-bond acceptors (Lipinski definition) is 2. The van der Waals surface area contributed by atoms with Crippen LogP contribution in [0, 0.1) is 0 Å². The van der Waals surface area contributed by atoms with Crippen molar-refractivity contribution in [2.24, 2.45) is 0 Å². The minimum Gasteiger partial charge on any atom is -0.481 e. The van der Waals surface area contributed by atoms with Gasteiger partial charge in [-0.25, -0.2) is 0 Å². The molecule has 0 aliphatic heterocycles. The second kappa shape index (κ2) is 4.84. The van der Waals surface area contributed by atoms with Gasteiger partial charge in [0.25, 0.3) is 0 Å². The van der Waals surface area contributed by atoms with E-state index in [1.54, 1.807) is 0 Å². The Kier molecular flexibility index (Phi) is 4.45. The maximum Gasteiger partial charge on any atom is 0.312 e. The largest absolute Gasteiger partial charge is 0.481 e. The van der Waals surface area contributed by atoms with Gasteiger partial charge in [-0.1, -0.05) is 13.8 Å². The third kappa shape index (κ3) is 4.50. The van der Waals surface area contributed by atoms with Crippen molar-refractivity contribution in [1.29, 1.82) is 0 Å². The summed E-state index contributed by atoms with van der Waals surface area (Å²) in [6.45, 7) is 5.84. The van der Waals surface area contributed by atoms with E-state index in [-0.39, 0.29) is 5.54 Å². The maximum atomic E-state index is 11.1. The van der Waals surface area contributed by atoms with E-state index in [4.69, 9.17) is 5.11 Å². The van der Waals surface area contributed by atoms with E-state index < -0.39 is 18.3 Å². The van der Waals surface area contributed by atoms with Gasteiger partial charge in [-0.3, -0.25) is 9.59 Å². The van der Waals surface area contributed by atoms with Crippen LogP contribution in [0.2, 0.25) is 0 Å². The number of carboxylic acid groups (broad SMARTS) is 1. The van der Waals surface area contributed by atoms with Crippen LogP contribution in [0.1, 0.15) is 40.0 Å². The molecule has 4 nitrogen and oxygen atoms in total. The molecule has 4 heteroatoms. The number of carbonyl (C=O) groups is 2. The Bertz CT molecular complexity index is 197. The summed E-state index contributed by atoms with van der Waals surface area (Å²) in [5, 5.41) is 11.1. The summed E-state index contributed by atoms with van der Waals surface area (Å²) in [5.41, 5.74) is -0.271. The lowest BCUT2D eigenvalue weighted by molar-refractivity contribution is -0.141. The predicted octanol–water partition coefficient (Wildman–Crippen LogP) is 1.16. The molecule has 0 aliphatic rings. The first-order chi connectivity index (χ1) is 5.93. The molecule has 76 valence electrons. The molecule has 0 rings (SSSR count). The Hall–Kier alpha value is -1.06. The summed E-state index contributed by atoms with van der Waals surface area (Å²) in [5.74, 6) is -1.51. The van der Waals surface area contributed by atoms with Crippen molar-refractivity contribution in [1.82, 2.24) is 5.32 Å². The normalized spacial score (nSPS) is 11.0. The summed E-state index contributed by atoms with van der Waals surface area (Å²) in [7, 11) is 0. The molecule has 0 aromatic carbocycles. The fourth-order valence-corrected chi connectivity index (χ4v) is 0.945. The Morgan fingerprint density at radius 1 is 1.31 bits per heavy atom.